The zero-order valence-corrected chi connectivity index (χ0v) is 14.2. The van der Waals surface area contributed by atoms with E-state index in [-0.39, 0.29) is 17.4 Å². The van der Waals surface area contributed by atoms with Gasteiger partial charge in [-0.25, -0.2) is 0 Å². The van der Waals surface area contributed by atoms with Crippen LogP contribution in [0.1, 0.15) is 33.2 Å². The highest BCUT2D eigenvalue weighted by molar-refractivity contribution is 5.95. The van der Waals surface area contributed by atoms with Crippen LogP contribution in [0.4, 0.5) is 0 Å². The number of rotatable bonds is 3. The standard InChI is InChI=1S/C19H21N3O3/c1-2-14-3-5-15(6-4-14)18(24)21-9-11-22(12-10-21)19(25)16-7-8-17(23)20-13-16/h3-8,13H,2,9-12H2,1H3,(H,20,23). The van der Waals surface area contributed by atoms with Crippen molar-refractivity contribution in [3.63, 3.8) is 0 Å². The fourth-order valence-corrected chi connectivity index (χ4v) is 2.90. The summed E-state index contributed by atoms with van der Waals surface area (Å²) < 4.78 is 0. The lowest BCUT2D eigenvalue weighted by Crippen LogP contribution is -2.50. The van der Waals surface area contributed by atoms with Crippen LogP contribution in [0.5, 0.6) is 0 Å². The van der Waals surface area contributed by atoms with Crippen LogP contribution in [0.3, 0.4) is 0 Å². The molecule has 6 heteroatoms. The van der Waals surface area contributed by atoms with Gasteiger partial charge in [-0.15, -0.1) is 0 Å². The van der Waals surface area contributed by atoms with Crippen molar-refractivity contribution in [3.8, 4) is 0 Å². The molecule has 0 spiro atoms. The average Bonchev–Trinajstić information content (AvgIpc) is 2.67. The maximum absolute atomic E-state index is 12.6. The Labute approximate surface area is 146 Å². The Morgan fingerprint density at radius 2 is 1.40 bits per heavy atom. The van der Waals surface area contributed by atoms with Gasteiger partial charge in [-0.3, -0.25) is 14.4 Å². The smallest absolute Gasteiger partial charge is 0.255 e. The number of aromatic nitrogens is 1. The van der Waals surface area contributed by atoms with Gasteiger partial charge in [0.15, 0.2) is 0 Å². The van der Waals surface area contributed by atoms with Crippen LogP contribution in [-0.4, -0.2) is 52.8 Å². The van der Waals surface area contributed by atoms with Gasteiger partial charge in [0.25, 0.3) is 11.8 Å². The second kappa shape index (κ2) is 7.34. The van der Waals surface area contributed by atoms with Crippen LogP contribution in [-0.2, 0) is 6.42 Å². The van der Waals surface area contributed by atoms with Gasteiger partial charge in [-0.2, -0.15) is 0 Å². The third-order valence-corrected chi connectivity index (χ3v) is 4.49. The number of carbonyl (C=O) groups excluding carboxylic acids is 2. The predicted molar refractivity (Wildman–Crippen MR) is 94.7 cm³/mol. The monoisotopic (exact) mass is 339 g/mol. The Bertz CT molecular complexity index is 798. The van der Waals surface area contributed by atoms with Gasteiger partial charge < -0.3 is 14.8 Å². The van der Waals surface area contributed by atoms with E-state index in [1.807, 2.05) is 24.3 Å². The number of hydrogen-bond donors (Lipinski definition) is 1. The molecule has 2 aromatic rings. The number of pyridine rings is 1. The minimum Gasteiger partial charge on any atom is -0.335 e. The quantitative estimate of drug-likeness (QED) is 0.922. The number of aromatic amines is 1. The van der Waals surface area contributed by atoms with Crippen molar-refractivity contribution in [1.29, 1.82) is 0 Å². The number of amides is 2. The second-order valence-electron chi connectivity index (χ2n) is 6.08. The predicted octanol–water partition coefficient (Wildman–Crippen LogP) is 1.54. The maximum Gasteiger partial charge on any atom is 0.255 e. The van der Waals surface area contributed by atoms with Gasteiger partial charge in [0.05, 0.1) is 5.56 Å². The zero-order valence-electron chi connectivity index (χ0n) is 14.2. The summed E-state index contributed by atoms with van der Waals surface area (Å²) in [6.07, 6.45) is 2.37. The summed E-state index contributed by atoms with van der Waals surface area (Å²) in [5.41, 5.74) is 2.10. The van der Waals surface area contributed by atoms with Crippen molar-refractivity contribution in [3.05, 3.63) is 69.6 Å². The molecule has 1 aliphatic rings. The molecule has 0 bridgehead atoms. The number of piperazine rings is 1. The first-order valence-electron chi connectivity index (χ1n) is 8.44. The van der Waals surface area contributed by atoms with E-state index in [1.165, 1.54) is 23.9 Å². The molecule has 2 amide bonds. The van der Waals surface area contributed by atoms with E-state index in [1.54, 1.807) is 9.80 Å². The van der Waals surface area contributed by atoms with Gasteiger partial charge in [0.1, 0.15) is 0 Å². The van der Waals surface area contributed by atoms with E-state index >= 15 is 0 Å². The van der Waals surface area contributed by atoms with Crippen molar-refractivity contribution in [2.75, 3.05) is 26.2 Å². The third-order valence-electron chi connectivity index (χ3n) is 4.49. The maximum atomic E-state index is 12.6. The van der Waals surface area contributed by atoms with Crippen molar-refractivity contribution < 1.29 is 9.59 Å². The van der Waals surface area contributed by atoms with Crippen molar-refractivity contribution in [1.82, 2.24) is 14.8 Å². The number of benzene rings is 1. The van der Waals surface area contributed by atoms with Crippen LogP contribution in [0.15, 0.2) is 47.4 Å². The topological polar surface area (TPSA) is 73.5 Å². The summed E-state index contributed by atoms with van der Waals surface area (Å²) in [6, 6.07) is 10.5. The Morgan fingerprint density at radius 1 is 0.880 bits per heavy atom. The fraction of sp³-hybridized carbons (Fsp3) is 0.316. The number of H-pyrrole nitrogens is 1. The van der Waals surface area contributed by atoms with E-state index in [2.05, 4.69) is 11.9 Å². The summed E-state index contributed by atoms with van der Waals surface area (Å²) in [6.45, 7) is 4.05. The Kier molecular flexibility index (Phi) is 4.97. The number of nitrogens with one attached hydrogen (secondary N) is 1. The van der Waals surface area contributed by atoms with Crippen molar-refractivity contribution in [2.45, 2.75) is 13.3 Å². The van der Waals surface area contributed by atoms with Crippen LogP contribution >= 0.6 is 0 Å². The molecule has 0 unspecified atom stereocenters. The van der Waals surface area contributed by atoms with Gasteiger partial charge in [0, 0.05) is 44.0 Å². The molecule has 130 valence electrons. The lowest BCUT2D eigenvalue weighted by molar-refractivity contribution is 0.0535. The van der Waals surface area contributed by atoms with E-state index in [9.17, 15) is 14.4 Å². The lowest BCUT2D eigenvalue weighted by Gasteiger charge is -2.34. The molecule has 0 radical (unpaired) electrons. The van der Waals surface area contributed by atoms with Crippen molar-refractivity contribution >= 4 is 11.8 Å². The van der Waals surface area contributed by atoms with Crippen LogP contribution < -0.4 is 5.56 Å². The highest BCUT2D eigenvalue weighted by atomic mass is 16.2. The first-order chi connectivity index (χ1) is 12.1. The Balaban J connectivity index is 1.60. The molecular weight excluding hydrogens is 318 g/mol. The molecule has 2 heterocycles. The zero-order chi connectivity index (χ0) is 17.8. The normalized spacial score (nSPS) is 14.4. The molecule has 1 aliphatic heterocycles. The van der Waals surface area contributed by atoms with E-state index in [4.69, 9.17) is 0 Å². The summed E-state index contributed by atoms with van der Waals surface area (Å²) in [7, 11) is 0. The third kappa shape index (κ3) is 3.79. The second-order valence-corrected chi connectivity index (χ2v) is 6.08. The van der Waals surface area contributed by atoms with Gasteiger partial charge in [0.2, 0.25) is 5.56 Å². The van der Waals surface area contributed by atoms with Gasteiger partial charge >= 0.3 is 0 Å². The average molecular weight is 339 g/mol. The summed E-state index contributed by atoms with van der Waals surface area (Å²) in [5.74, 6) is -0.130. The molecular formula is C19H21N3O3. The Morgan fingerprint density at radius 3 is 1.88 bits per heavy atom. The van der Waals surface area contributed by atoms with E-state index in [0.29, 0.717) is 37.3 Å². The minimum atomic E-state index is -0.235. The first-order valence-corrected chi connectivity index (χ1v) is 8.44. The van der Waals surface area contributed by atoms with E-state index in [0.717, 1.165) is 6.42 Å². The van der Waals surface area contributed by atoms with Crippen LogP contribution in [0, 0.1) is 0 Å². The van der Waals surface area contributed by atoms with Crippen LogP contribution in [0.2, 0.25) is 0 Å². The highest BCUT2D eigenvalue weighted by Crippen LogP contribution is 2.12. The molecule has 25 heavy (non-hydrogen) atoms. The van der Waals surface area contributed by atoms with E-state index < -0.39 is 0 Å². The fourth-order valence-electron chi connectivity index (χ4n) is 2.90. The molecule has 1 saturated heterocycles. The molecule has 0 saturated carbocycles. The highest BCUT2D eigenvalue weighted by Gasteiger charge is 2.25. The number of carbonyl (C=O) groups is 2. The minimum absolute atomic E-state index is 0.00112. The molecule has 1 fully saturated rings. The number of hydrogen-bond acceptors (Lipinski definition) is 3. The largest absolute Gasteiger partial charge is 0.335 e. The summed E-state index contributed by atoms with van der Waals surface area (Å²) in [5, 5.41) is 0. The Hall–Kier alpha value is -2.89. The van der Waals surface area contributed by atoms with Crippen LogP contribution in [0.25, 0.3) is 0 Å². The lowest BCUT2D eigenvalue weighted by atomic mass is 10.1. The SMILES string of the molecule is CCc1ccc(C(=O)N2CCN(C(=O)c3ccc(=O)[nH]c3)CC2)cc1. The molecule has 0 aliphatic carbocycles. The summed E-state index contributed by atoms with van der Waals surface area (Å²) in [4.78, 5) is 42.1. The van der Waals surface area contributed by atoms with Gasteiger partial charge in [-0.1, -0.05) is 19.1 Å². The molecule has 1 aromatic heterocycles. The molecule has 0 atom stereocenters. The number of nitrogens with zero attached hydrogens (tertiary/aromatic N) is 2. The molecule has 1 N–H and O–H groups in total. The summed E-state index contributed by atoms with van der Waals surface area (Å²) >= 11 is 0. The molecule has 3 rings (SSSR count). The van der Waals surface area contributed by atoms with Gasteiger partial charge in [-0.05, 0) is 30.2 Å². The number of aryl methyl sites for hydroxylation is 1. The molecule has 6 nitrogen and oxygen atoms in total. The molecule has 1 aromatic carbocycles. The van der Waals surface area contributed by atoms with Crippen molar-refractivity contribution in [2.24, 2.45) is 0 Å². The first kappa shape index (κ1) is 17.0.